The van der Waals surface area contributed by atoms with Gasteiger partial charge in [0.05, 0.1) is 6.61 Å². The van der Waals surface area contributed by atoms with E-state index in [1.54, 1.807) is 7.05 Å². The van der Waals surface area contributed by atoms with Crippen molar-refractivity contribution in [1.29, 1.82) is 0 Å². The van der Waals surface area contributed by atoms with Gasteiger partial charge in [0, 0.05) is 26.1 Å². The van der Waals surface area contributed by atoms with Crippen molar-refractivity contribution in [1.82, 2.24) is 10.6 Å². The molecule has 0 spiro atoms. The average molecular weight is 397 g/mol. The molecule has 0 bridgehead atoms. The number of esters is 1. The first-order valence-electron chi connectivity index (χ1n) is 7.39. The van der Waals surface area contributed by atoms with E-state index in [0.29, 0.717) is 19.1 Å². The fraction of sp³-hybridized carbons (Fsp3) is 0.857. The summed E-state index contributed by atoms with van der Waals surface area (Å²) in [7, 11) is 1.78. The van der Waals surface area contributed by atoms with Crippen molar-refractivity contribution < 1.29 is 9.53 Å². The van der Waals surface area contributed by atoms with Crippen LogP contribution in [0.15, 0.2) is 4.99 Å². The van der Waals surface area contributed by atoms with E-state index in [0.717, 1.165) is 18.9 Å². The molecule has 0 saturated heterocycles. The lowest BCUT2D eigenvalue weighted by atomic mass is 9.96. The van der Waals surface area contributed by atoms with Crippen LogP contribution in [0.3, 0.4) is 0 Å². The molecule has 0 amide bonds. The number of nitrogens with one attached hydrogen (secondary N) is 2. The number of hydrogen-bond donors (Lipinski definition) is 2. The van der Waals surface area contributed by atoms with Crippen molar-refractivity contribution in [2.24, 2.45) is 4.99 Å². The highest BCUT2D eigenvalue weighted by molar-refractivity contribution is 14.0. The van der Waals surface area contributed by atoms with Crippen LogP contribution in [-0.2, 0) is 9.53 Å². The molecule has 0 unspecified atom stereocenters. The molecule has 6 heteroatoms. The Labute approximate surface area is 139 Å². The molecule has 0 aromatic carbocycles. The minimum atomic E-state index is -0.125. The van der Waals surface area contributed by atoms with Crippen LogP contribution in [0.5, 0.6) is 0 Å². The number of hydrogen-bond acceptors (Lipinski definition) is 3. The van der Waals surface area contributed by atoms with E-state index in [1.807, 2.05) is 6.92 Å². The van der Waals surface area contributed by atoms with Gasteiger partial charge in [-0.05, 0) is 26.2 Å². The standard InChI is InChI=1S/C14H27N3O2.HI/c1-3-19-13(18)10-7-11-16-14(15-2)17-12-8-5-4-6-9-12;/h12H,3-11H2,1-2H3,(H2,15,16,17);1H. The number of rotatable bonds is 6. The van der Waals surface area contributed by atoms with Crippen LogP contribution in [0, 0.1) is 0 Å². The molecule has 1 aliphatic carbocycles. The molecular weight excluding hydrogens is 369 g/mol. The van der Waals surface area contributed by atoms with Crippen molar-refractivity contribution >= 4 is 35.9 Å². The summed E-state index contributed by atoms with van der Waals surface area (Å²) in [5.74, 6) is 0.718. The van der Waals surface area contributed by atoms with Gasteiger partial charge in [0.2, 0.25) is 0 Å². The Morgan fingerprint density at radius 3 is 2.60 bits per heavy atom. The lowest BCUT2D eigenvalue weighted by Gasteiger charge is -2.24. The maximum absolute atomic E-state index is 11.2. The Morgan fingerprint density at radius 1 is 1.30 bits per heavy atom. The molecule has 1 rings (SSSR count). The SMILES string of the molecule is CCOC(=O)CCCNC(=NC)NC1CCCCC1.I. The third-order valence-electron chi connectivity index (χ3n) is 3.33. The first-order chi connectivity index (χ1) is 9.26. The maximum Gasteiger partial charge on any atom is 0.305 e. The minimum absolute atomic E-state index is 0. The number of guanidine groups is 1. The quantitative estimate of drug-likeness (QED) is 0.238. The Balaban J connectivity index is 0.00000361. The number of nitrogens with zero attached hydrogens (tertiary/aromatic N) is 1. The summed E-state index contributed by atoms with van der Waals surface area (Å²) in [6.45, 7) is 3.02. The van der Waals surface area contributed by atoms with Crippen LogP contribution in [0.4, 0.5) is 0 Å². The largest absolute Gasteiger partial charge is 0.466 e. The van der Waals surface area contributed by atoms with Gasteiger partial charge in [0.1, 0.15) is 0 Å². The first-order valence-corrected chi connectivity index (χ1v) is 7.39. The zero-order chi connectivity index (χ0) is 13.9. The maximum atomic E-state index is 11.2. The van der Waals surface area contributed by atoms with Crippen LogP contribution < -0.4 is 10.6 Å². The number of carbonyl (C=O) groups is 1. The van der Waals surface area contributed by atoms with Gasteiger partial charge >= 0.3 is 5.97 Å². The summed E-state index contributed by atoms with van der Waals surface area (Å²) in [5, 5.41) is 6.69. The van der Waals surface area contributed by atoms with E-state index in [4.69, 9.17) is 4.74 Å². The van der Waals surface area contributed by atoms with Gasteiger partial charge < -0.3 is 15.4 Å². The molecule has 5 nitrogen and oxygen atoms in total. The van der Waals surface area contributed by atoms with Crippen molar-refractivity contribution in [3.05, 3.63) is 0 Å². The fourth-order valence-electron chi connectivity index (χ4n) is 2.31. The first kappa shape index (κ1) is 19.5. The van der Waals surface area contributed by atoms with E-state index in [1.165, 1.54) is 32.1 Å². The van der Waals surface area contributed by atoms with Crippen molar-refractivity contribution in [2.75, 3.05) is 20.2 Å². The number of halogens is 1. The topological polar surface area (TPSA) is 62.7 Å². The van der Waals surface area contributed by atoms with Gasteiger partial charge in [0.15, 0.2) is 5.96 Å². The van der Waals surface area contributed by atoms with Gasteiger partial charge in [-0.1, -0.05) is 19.3 Å². The van der Waals surface area contributed by atoms with Gasteiger partial charge in [0.25, 0.3) is 0 Å². The molecule has 118 valence electrons. The molecule has 1 saturated carbocycles. The highest BCUT2D eigenvalue weighted by Crippen LogP contribution is 2.17. The normalized spacial score (nSPS) is 16.2. The molecule has 20 heavy (non-hydrogen) atoms. The lowest BCUT2D eigenvalue weighted by molar-refractivity contribution is -0.143. The van der Waals surface area contributed by atoms with E-state index >= 15 is 0 Å². The van der Waals surface area contributed by atoms with E-state index in [-0.39, 0.29) is 29.9 Å². The fourth-order valence-corrected chi connectivity index (χ4v) is 2.31. The predicted octanol–water partition coefficient (Wildman–Crippen LogP) is 2.45. The van der Waals surface area contributed by atoms with Crippen LogP contribution >= 0.6 is 24.0 Å². The highest BCUT2D eigenvalue weighted by Gasteiger charge is 2.14. The second-order valence-electron chi connectivity index (χ2n) is 4.89. The Morgan fingerprint density at radius 2 is 2.00 bits per heavy atom. The molecular formula is C14H28IN3O2. The van der Waals surface area contributed by atoms with Crippen LogP contribution in [0.2, 0.25) is 0 Å². The van der Waals surface area contributed by atoms with Gasteiger partial charge in [-0.15, -0.1) is 24.0 Å². The van der Waals surface area contributed by atoms with Gasteiger partial charge in [-0.3, -0.25) is 9.79 Å². The molecule has 0 aromatic heterocycles. The Bertz CT molecular complexity index is 292. The third-order valence-corrected chi connectivity index (χ3v) is 3.33. The molecule has 2 N–H and O–H groups in total. The molecule has 0 heterocycles. The predicted molar refractivity (Wildman–Crippen MR) is 92.7 cm³/mol. The summed E-state index contributed by atoms with van der Waals surface area (Å²) >= 11 is 0. The average Bonchev–Trinajstić information content (AvgIpc) is 2.43. The van der Waals surface area contributed by atoms with Crippen molar-refractivity contribution in [2.45, 2.75) is 57.9 Å². The van der Waals surface area contributed by atoms with E-state index in [2.05, 4.69) is 15.6 Å². The third kappa shape index (κ3) is 8.60. The monoisotopic (exact) mass is 397 g/mol. The molecule has 1 aliphatic rings. The molecule has 0 atom stereocenters. The summed E-state index contributed by atoms with van der Waals surface area (Å²) in [5.41, 5.74) is 0. The van der Waals surface area contributed by atoms with Gasteiger partial charge in [-0.25, -0.2) is 0 Å². The molecule has 0 radical (unpaired) electrons. The van der Waals surface area contributed by atoms with Crippen molar-refractivity contribution in [3.8, 4) is 0 Å². The van der Waals surface area contributed by atoms with Crippen molar-refractivity contribution in [3.63, 3.8) is 0 Å². The van der Waals surface area contributed by atoms with Gasteiger partial charge in [-0.2, -0.15) is 0 Å². The summed E-state index contributed by atoms with van der Waals surface area (Å²) in [4.78, 5) is 15.4. The second-order valence-corrected chi connectivity index (χ2v) is 4.89. The highest BCUT2D eigenvalue weighted by atomic mass is 127. The number of ether oxygens (including phenoxy) is 1. The van der Waals surface area contributed by atoms with E-state index < -0.39 is 0 Å². The molecule has 0 aromatic rings. The summed E-state index contributed by atoms with van der Waals surface area (Å²) in [6.07, 6.45) is 7.64. The Hall–Kier alpha value is -0.530. The van der Waals surface area contributed by atoms with Crippen LogP contribution in [-0.4, -0.2) is 38.2 Å². The van der Waals surface area contributed by atoms with E-state index in [9.17, 15) is 4.79 Å². The lowest BCUT2D eigenvalue weighted by Crippen LogP contribution is -2.44. The minimum Gasteiger partial charge on any atom is -0.466 e. The molecule has 0 aliphatic heterocycles. The van der Waals surface area contributed by atoms with Crippen LogP contribution in [0.1, 0.15) is 51.9 Å². The number of carbonyl (C=O) groups excluding carboxylic acids is 1. The zero-order valence-corrected chi connectivity index (χ0v) is 14.9. The molecule has 1 fully saturated rings. The summed E-state index contributed by atoms with van der Waals surface area (Å²) in [6, 6.07) is 0.546. The van der Waals surface area contributed by atoms with Crippen LogP contribution in [0.25, 0.3) is 0 Å². The zero-order valence-electron chi connectivity index (χ0n) is 12.6. The smallest absolute Gasteiger partial charge is 0.305 e. The Kier molecular flexibility index (Phi) is 11.9. The summed E-state index contributed by atoms with van der Waals surface area (Å²) < 4.78 is 4.88. The second kappa shape index (κ2) is 12.2. The number of aliphatic imine (C=N–C) groups is 1.